The maximum absolute atomic E-state index is 11.1. The van der Waals surface area contributed by atoms with Crippen LogP contribution in [0, 0.1) is 11.8 Å². The molecule has 0 radical (unpaired) electrons. The van der Waals surface area contributed by atoms with Gasteiger partial charge in [-0.3, -0.25) is 4.79 Å². The summed E-state index contributed by atoms with van der Waals surface area (Å²) in [6, 6.07) is 0. The fraction of sp³-hybridized carbons (Fsp3) is 0.889. The molecule has 2 atom stereocenters. The van der Waals surface area contributed by atoms with Crippen molar-refractivity contribution in [3.05, 3.63) is 0 Å². The van der Waals surface area contributed by atoms with Crippen molar-refractivity contribution in [2.45, 2.75) is 39.2 Å². The van der Waals surface area contributed by atoms with Crippen LogP contribution >= 0.6 is 0 Å². The van der Waals surface area contributed by atoms with Crippen LogP contribution in [0.2, 0.25) is 0 Å². The van der Waals surface area contributed by atoms with E-state index in [0.717, 1.165) is 6.42 Å². The zero-order valence-electron chi connectivity index (χ0n) is 7.42. The third-order valence-corrected chi connectivity index (χ3v) is 2.46. The van der Waals surface area contributed by atoms with Crippen molar-refractivity contribution in [1.82, 2.24) is 0 Å². The Morgan fingerprint density at radius 3 is 2.45 bits per heavy atom. The molecule has 1 rings (SSSR count). The minimum absolute atomic E-state index is 0.153. The van der Waals surface area contributed by atoms with Gasteiger partial charge in [-0.25, -0.2) is 0 Å². The van der Waals surface area contributed by atoms with Crippen molar-refractivity contribution in [3.8, 4) is 0 Å². The van der Waals surface area contributed by atoms with Gasteiger partial charge in [0.25, 0.3) is 0 Å². The van der Waals surface area contributed by atoms with Gasteiger partial charge in [0.15, 0.2) is 0 Å². The highest BCUT2D eigenvalue weighted by atomic mass is 16.3. The van der Waals surface area contributed by atoms with Crippen LogP contribution in [0.3, 0.4) is 0 Å². The Morgan fingerprint density at radius 2 is 2.18 bits per heavy atom. The maximum Gasteiger partial charge on any atom is 0.136 e. The first kappa shape index (κ1) is 8.72. The predicted octanol–water partition coefficient (Wildman–Crippen LogP) is 1.37. The first-order valence-corrected chi connectivity index (χ1v) is 4.22. The summed E-state index contributed by atoms with van der Waals surface area (Å²) < 4.78 is 0. The number of hydrogen-bond donors (Lipinski definition) is 1. The molecule has 0 unspecified atom stereocenters. The number of aliphatic hydroxyl groups is 1. The lowest BCUT2D eigenvalue weighted by Crippen LogP contribution is -2.24. The Bertz CT molecular complexity index is 167. The van der Waals surface area contributed by atoms with Crippen LogP contribution in [0.1, 0.15) is 33.6 Å². The van der Waals surface area contributed by atoms with Gasteiger partial charge >= 0.3 is 0 Å². The number of rotatable bonds is 3. The lowest BCUT2D eigenvalue weighted by Gasteiger charge is -2.16. The molecule has 64 valence electrons. The van der Waals surface area contributed by atoms with Gasteiger partial charge in [0.05, 0.1) is 5.60 Å². The third-order valence-electron chi connectivity index (χ3n) is 2.46. The number of ketones is 1. The zero-order valence-corrected chi connectivity index (χ0v) is 7.42. The highest BCUT2D eigenvalue weighted by Gasteiger charge is 2.49. The Balaban J connectivity index is 2.44. The highest BCUT2D eigenvalue weighted by Crippen LogP contribution is 2.47. The average molecular weight is 156 g/mol. The van der Waals surface area contributed by atoms with Crippen LogP contribution in [0.25, 0.3) is 0 Å². The molecule has 1 saturated carbocycles. The second-order valence-electron chi connectivity index (χ2n) is 3.92. The topological polar surface area (TPSA) is 37.3 Å². The molecule has 0 amide bonds. The van der Waals surface area contributed by atoms with Crippen molar-refractivity contribution in [1.29, 1.82) is 0 Å². The van der Waals surface area contributed by atoms with E-state index in [2.05, 4.69) is 0 Å². The van der Waals surface area contributed by atoms with Crippen molar-refractivity contribution in [2.75, 3.05) is 0 Å². The van der Waals surface area contributed by atoms with Crippen molar-refractivity contribution >= 4 is 5.78 Å². The van der Waals surface area contributed by atoms with Crippen molar-refractivity contribution < 1.29 is 9.90 Å². The fourth-order valence-corrected chi connectivity index (χ4v) is 1.59. The van der Waals surface area contributed by atoms with Crippen LogP contribution < -0.4 is 0 Å². The lowest BCUT2D eigenvalue weighted by atomic mass is 10.00. The van der Waals surface area contributed by atoms with E-state index in [1.165, 1.54) is 0 Å². The first-order valence-electron chi connectivity index (χ1n) is 4.22. The van der Waals surface area contributed by atoms with E-state index in [9.17, 15) is 9.90 Å². The molecule has 0 heterocycles. The number of carbonyl (C=O) groups is 1. The van der Waals surface area contributed by atoms with E-state index in [1.54, 1.807) is 13.8 Å². The van der Waals surface area contributed by atoms with Gasteiger partial charge in [-0.05, 0) is 26.2 Å². The molecule has 2 nitrogen and oxygen atoms in total. The van der Waals surface area contributed by atoms with Gasteiger partial charge in [-0.2, -0.15) is 0 Å². The summed E-state index contributed by atoms with van der Waals surface area (Å²) in [4.78, 5) is 11.1. The molecule has 11 heavy (non-hydrogen) atoms. The SMILES string of the molecule is CCC(=O)[C@@H]1C[C@H]1C(C)(C)O. The zero-order chi connectivity index (χ0) is 8.65. The summed E-state index contributed by atoms with van der Waals surface area (Å²) in [6.45, 7) is 5.43. The molecule has 2 heteroatoms. The van der Waals surface area contributed by atoms with Gasteiger partial charge in [0, 0.05) is 12.3 Å². The molecule has 1 N–H and O–H groups in total. The summed E-state index contributed by atoms with van der Waals surface area (Å²) in [5, 5.41) is 9.52. The number of Topliss-reactive ketones (excluding diaryl/α,β-unsaturated/α-hetero) is 1. The number of hydrogen-bond acceptors (Lipinski definition) is 2. The molecule has 1 aliphatic carbocycles. The largest absolute Gasteiger partial charge is 0.390 e. The average Bonchev–Trinajstić information content (AvgIpc) is 2.62. The van der Waals surface area contributed by atoms with Crippen LogP contribution in [-0.2, 0) is 4.79 Å². The maximum atomic E-state index is 11.1. The Kier molecular flexibility index (Phi) is 2.06. The quantitative estimate of drug-likeness (QED) is 0.670. The minimum Gasteiger partial charge on any atom is -0.390 e. The molecule has 1 fully saturated rings. The van der Waals surface area contributed by atoms with Gasteiger partial charge in [-0.1, -0.05) is 6.92 Å². The monoisotopic (exact) mass is 156 g/mol. The molecule has 1 aliphatic rings. The molecular weight excluding hydrogens is 140 g/mol. The van der Waals surface area contributed by atoms with E-state index in [4.69, 9.17) is 0 Å². The molecule has 0 aromatic heterocycles. The third kappa shape index (κ3) is 1.80. The van der Waals surface area contributed by atoms with E-state index in [1.807, 2.05) is 6.92 Å². The van der Waals surface area contributed by atoms with E-state index in [-0.39, 0.29) is 11.8 Å². The Morgan fingerprint density at radius 1 is 1.64 bits per heavy atom. The van der Waals surface area contributed by atoms with Gasteiger partial charge < -0.3 is 5.11 Å². The molecule has 0 saturated heterocycles. The van der Waals surface area contributed by atoms with Gasteiger partial charge in [0.2, 0.25) is 0 Å². The van der Waals surface area contributed by atoms with Crippen LogP contribution in [0.5, 0.6) is 0 Å². The molecule has 0 aromatic rings. The second kappa shape index (κ2) is 2.59. The Hall–Kier alpha value is -0.370. The normalized spacial score (nSPS) is 30.2. The fourth-order valence-electron chi connectivity index (χ4n) is 1.59. The number of carbonyl (C=O) groups excluding carboxylic acids is 1. The first-order chi connectivity index (χ1) is 4.96. The molecular formula is C9H16O2. The highest BCUT2D eigenvalue weighted by molar-refractivity contribution is 5.83. The van der Waals surface area contributed by atoms with Crippen LogP contribution in [0.15, 0.2) is 0 Å². The lowest BCUT2D eigenvalue weighted by molar-refractivity contribution is -0.121. The predicted molar refractivity (Wildman–Crippen MR) is 43.2 cm³/mol. The summed E-state index contributed by atoms with van der Waals surface area (Å²) >= 11 is 0. The summed E-state index contributed by atoms with van der Waals surface area (Å²) in [5.41, 5.74) is -0.657. The van der Waals surface area contributed by atoms with Crippen LogP contribution in [0.4, 0.5) is 0 Å². The molecule has 0 bridgehead atoms. The second-order valence-corrected chi connectivity index (χ2v) is 3.92. The van der Waals surface area contributed by atoms with Gasteiger partial charge in [0.1, 0.15) is 5.78 Å². The standard InChI is InChI=1S/C9H16O2/c1-4-8(10)6-5-7(6)9(2,3)11/h6-7,11H,4-5H2,1-3H3/t6-,7-/m1/s1. The molecule has 0 aromatic carbocycles. The van der Waals surface area contributed by atoms with E-state index < -0.39 is 5.60 Å². The minimum atomic E-state index is -0.657. The summed E-state index contributed by atoms with van der Waals surface area (Å²) in [7, 11) is 0. The molecule has 0 spiro atoms. The van der Waals surface area contributed by atoms with Gasteiger partial charge in [-0.15, -0.1) is 0 Å². The summed E-state index contributed by atoms with van der Waals surface area (Å²) in [5.74, 6) is 0.673. The van der Waals surface area contributed by atoms with E-state index >= 15 is 0 Å². The smallest absolute Gasteiger partial charge is 0.136 e. The van der Waals surface area contributed by atoms with E-state index in [0.29, 0.717) is 12.2 Å². The summed E-state index contributed by atoms with van der Waals surface area (Å²) in [6.07, 6.45) is 1.49. The van der Waals surface area contributed by atoms with Crippen LogP contribution in [-0.4, -0.2) is 16.5 Å². The Labute approximate surface area is 67.6 Å². The van der Waals surface area contributed by atoms with Crippen molar-refractivity contribution in [3.63, 3.8) is 0 Å². The van der Waals surface area contributed by atoms with Crippen molar-refractivity contribution in [2.24, 2.45) is 11.8 Å². The molecule has 0 aliphatic heterocycles.